The van der Waals surface area contributed by atoms with Crippen LogP contribution in [-0.2, 0) is 20.6 Å². The average molecular weight is 390 g/mol. The molecule has 2 fully saturated rings. The Labute approximate surface area is 163 Å². The van der Waals surface area contributed by atoms with E-state index in [9.17, 15) is 9.59 Å². The maximum Gasteiger partial charge on any atom is 0.410 e. The highest BCUT2D eigenvalue weighted by molar-refractivity contribution is 6.74. The SMILES string of the molecule is CC(C)(C)[Si](C)(C)O[C@H]1C[C@H]2CC(=O)[C@@H](C1)N2C(=O)OCc1ccccc1. The Morgan fingerprint density at radius 1 is 1.19 bits per heavy atom. The van der Waals surface area contributed by atoms with Gasteiger partial charge in [-0.1, -0.05) is 51.1 Å². The number of hydrogen-bond acceptors (Lipinski definition) is 4. The lowest BCUT2D eigenvalue weighted by atomic mass is 10.0. The molecule has 1 amide bonds. The van der Waals surface area contributed by atoms with Crippen molar-refractivity contribution in [1.82, 2.24) is 4.90 Å². The van der Waals surface area contributed by atoms with Gasteiger partial charge in [0.05, 0.1) is 6.04 Å². The summed E-state index contributed by atoms with van der Waals surface area (Å²) in [7, 11) is -1.90. The van der Waals surface area contributed by atoms with Crippen LogP contribution < -0.4 is 0 Å². The number of carbonyl (C=O) groups is 2. The van der Waals surface area contributed by atoms with Gasteiger partial charge in [-0.25, -0.2) is 4.79 Å². The topological polar surface area (TPSA) is 55.8 Å². The van der Waals surface area contributed by atoms with Crippen molar-refractivity contribution in [2.45, 2.75) is 83.0 Å². The molecule has 2 aliphatic rings. The standard InChI is InChI=1S/C21H31NO4Si/c1-21(2,3)27(4,5)26-17-11-16-12-19(23)18(13-17)22(16)20(24)25-14-15-9-7-6-8-10-15/h6-10,16-18H,11-14H2,1-5H3/t16-,17-,18+/m0/s1. The molecular weight excluding hydrogens is 358 g/mol. The van der Waals surface area contributed by atoms with Crippen LogP contribution in [0.4, 0.5) is 4.79 Å². The molecule has 0 spiro atoms. The average Bonchev–Trinajstić information content (AvgIpc) is 2.78. The molecule has 2 heterocycles. The minimum absolute atomic E-state index is 0.0468. The highest BCUT2D eigenvalue weighted by Gasteiger charge is 2.51. The monoisotopic (exact) mass is 389 g/mol. The molecule has 2 saturated heterocycles. The number of carbonyl (C=O) groups excluding carboxylic acids is 2. The van der Waals surface area contributed by atoms with Gasteiger partial charge < -0.3 is 9.16 Å². The van der Waals surface area contributed by atoms with E-state index in [2.05, 4.69) is 33.9 Å². The van der Waals surface area contributed by atoms with Crippen molar-refractivity contribution in [3.8, 4) is 0 Å². The number of benzene rings is 1. The van der Waals surface area contributed by atoms with Crippen molar-refractivity contribution in [2.24, 2.45) is 0 Å². The van der Waals surface area contributed by atoms with Crippen molar-refractivity contribution < 1.29 is 18.8 Å². The fourth-order valence-corrected chi connectivity index (χ4v) is 5.11. The largest absolute Gasteiger partial charge is 0.445 e. The molecule has 0 aromatic heterocycles. The molecule has 0 unspecified atom stereocenters. The maximum atomic E-state index is 12.6. The summed E-state index contributed by atoms with van der Waals surface area (Å²) in [4.78, 5) is 26.8. The van der Waals surface area contributed by atoms with Gasteiger partial charge in [-0.15, -0.1) is 0 Å². The minimum Gasteiger partial charge on any atom is -0.445 e. The number of nitrogens with zero attached hydrogens (tertiary/aromatic N) is 1. The van der Waals surface area contributed by atoms with Crippen molar-refractivity contribution in [1.29, 1.82) is 0 Å². The van der Waals surface area contributed by atoms with Gasteiger partial charge in [0.25, 0.3) is 0 Å². The molecule has 3 rings (SSSR count). The third kappa shape index (κ3) is 4.27. The lowest BCUT2D eigenvalue weighted by molar-refractivity contribution is -0.120. The number of rotatable bonds is 4. The van der Waals surface area contributed by atoms with Gasteiger partial charge in [-0.3, -0.25) is 9.69 Å². The van der Waals surface area contributed by atoms with Crippen molar-refractivity contribution in [3.05, 3.63) is 35.9 Å². The first-order chi connectivity index (χ1) is 12.6. The second-order valence-corrected chi connectivity index (χ2v) is 14.0. The molecule has 148 valence electrons. The maximum absolute atomic E-state index is 12.6. The predicted octanol–water partition coefficient (Wildman–Crippen LogP) is 4.52. The zero-order valence-electron chi connectivity index (χ0n) is 17.0. The first-order valence-corrected chi connectivity index (χ1v) is 12.7. The lowest BCUT2D eigenvalue weighted by Crippen LogP contribution is -2.53. The van der Waals surface area contributed by atoms with Crippen LogP contribution in [0.25, 0.3) is 0 Å². The van der Waals surface area contributed by atoms with E-state index in [1.165, 1.54) is 0 Å². The summed E-state index contributed by atoms with van der Waals surface area (Å²) in [6, 6.07) is 9.10. The van der Waals surface area contributed by atoms with Crippen molar-refractivity contribution >= 4 is 20.2 Å². The van der Waals surface area contributed by atoms with E-state index < -0.39 is 14.4 Å². The van der Waals surface area contributed by atoms with E-state index in [4.69, 9.17) is 9.16 Å². The van der Waals surface area contributed by atoms with Gasteiger partial charge in [0, 0.05) is 25.0 Å². The number of piperidine rings is 1. The van der Waals surface area contributed by atoms with E-state index in [0.29, 0.717) is 12.8 Å². The van der Waals surface area contributed by atoms with Crippen LogP contribution in [0.15, 0.2) is 30.3 Å². The number of amides is 1. The highest BCUT2D eigenvalue weighted by atomic mass is 28.4. The Balaban J connectivity index is 1.63. The van der Waals surface area contributed by atoms with Gasteiger partial charge in [0.15, 0.2) is 14.1 Å². The van der Waals surface area contributed by atoms with Crippen molar-refractivity contribution in [3.63, 3.8) is 0 Å². The number of hydrogen-bond donors (Lipinski definition) is 0. The Bertz CT molecular complexity index is 698. The predicted molar refractivity (Wildman–Crippen MR) is 107 cm³/mol. The second kappa shape index (κ2) is 7.39. The van der Waals surface area contributed by atoms with E-state index >= 15 is 0 Å². The number of ether oxygens (including phenoxy) is 1. The molecule has 0 aliphatic carbocycles. The molecule has 5 nitrogen and oxygen atoms in total. The fourth-order valence-electron chi connectivity index (χ4n) is 3.73. The molecule has 2 bridgehead atoms. The van der Waals surface area contributed by atoms with Crippen LogP contribution in [0.2, 0.25) is 18.1 Å². The van der Waals surface area contributed by atoms with Crippen LogP contribution >= 0.6 is 0 Å². The lowest BCUT2D eigenvalue weighted by Gasteiger charge is -2.43. The summed E-state index contributed by atoms with van der Waals surface area (Å²) in [6.07, 6.45) is 1.39. The highest BCUT2D eigenvalue weighted by Crippen LogP contribution is 2.41. The summed E-state index contributed by atoms with van der Waals surface area (Å²) >= 11 is 0. The molecule has 1 aromatic rings. The smallest absolute Gasteiger partial charge is 0.410 e. The van der Waals surface area contributed by atoms with E-state index in [1.807, 2.05) is 30.3 Å². The van der Waals surface area contributed by atoms with Crippen LogP contribution in [0, 0.1) is 0 Å². The number of ketones is 1. The van der Waals surface area contributed by atoms with Gasteiger partial charge in [-0.2, -0.15) is 0 Å². The van der Waals surface area contributed by atoms with E-state index in [0.717, 1.165) is 12.0 Å². The Morgan fingerprint density at radius 2 is 1.85 bits per heavy atom. The van der Waals surface area contributed by atoms with Crippen LogP contribution in [0.3, 0.4) is 0 Å². The molecule has 3 atom stereocenters. The number of Topliss-reactive ketones (excluding diaryl/α,β-unsaturated/α-hetero) is 1. The molecule has 2 aliphatic heterocycles. The zero-order chi connectivity index (χ0) is 19.8. The summed E-state index contributed by atoms with van der Waals surface area (Å²) < 4.78 is 12.0. The molecule has 0 radical (unpaired) electrons. The van der Waals surface area contributed by atoms with Gasteiger partial charge in [-0.05, 0) is 30.1 Å². The minimum atomic E-state index is -1.90. The summed E-state index contributed by atoms with van der Waals surface area (Å²) in [5.41, 5.74) is 0.945. The fraction of sp³-hybridized carbons (Fsp3) is 0.619. The Morgan fingerprint density at radius 3 is 2.44 bits per heavy atom. The first kappa shape index (κ1) is 20.1. The molecule has 0 saturated carbocycles. The van der Waals surface area contributed by atoms with Gasteiger partial charge in [0.1, 0.15) is 6.61 Å². The quantitative estimate of drug-likeness (QED) is 0.711. The molecular formula is C21H31NO4Si. The summed E-state index contributed by atoms with van der Waals surface area (Å²) in [5, 5.41) is 0.127. The third-order valence-electron chi connectivity index (χ3n) is 6.24. The van der Waals surface area contributed by atoms with Crippen LogP contribution in [0.5, 0.6) is 0 Å². The second-order valence-electron chi connectivity index (χ2n) is 9.26. The molecule has 0 N–H and O–H groups in total. The zero-order valence-corrected chi connectivity index (χ0v) is 18.0. The van der Waals surface area contributed by atoms with Crippen molar-refractivity contribution in [2.75, 3.05) is 0 Å². The number of fused-ring (bicyclic) bond motifs is 2. The van der Waals surface area contributed by atoms with Gasteiger partial charge in [0.2, 0.25) is 0 Å². The Kier molecular flexibility index (Phi) is 5.50. The molecule has 1 aromatic carbocycles. The first-order valence-electron chi connectivity index (χ1n) is 9.78. The van der Waals surface area contributed by atoms with Gasteiger partial charge >= 0.3 is 6.09 Å². The van der Waals surface area contributed by atoms with Crippen LogP contribution in [0.1, 0.15) is 45.6 Å². The normalized spacial score (nSPS) is 25.6. The van der Waals surface area contributed by atoms with Crippen LogP contribution in [-0.4, -0.2) is 43.3 Å². The summed E-state index contributed by atoms with van der Waals surface area (Å²) in [6.45, 7) is 11.3. The molecule has 27 heavy (non-hydrogen) atoms. The Hall–Kier alpha value is -1.66. The van der Waals surface area contributed by atoms with E-state index in [1.54, 1.807) is 4.90 Å². The van der Waals surface area contributed by atoms with E-state index in [-0.39, 0.29) is 35.7 Å². The molecule has 6 heteroatoms. The third-order valence-corrected chi connectivity index (χ3v) is 10.8. The summed E-state index contributed by atoms with van der Waals surface area (Å²) in [5.74, 6) is 0.137.